The first-order chi connectivity index (χ1) is 6.92. The van der Waals surface area contributed by atoms with E-state index in [1.807, 2.05) is 0 Å². The zero-order valence-electron chi connectivity index (χ0n) is 10.7. The summed E-state index contributed by atoms with van der Waals surface area (Å²) in [6.07, 6.45) is 3.67. The van der Waals surface area contributed by atoms with E-state index in [4.69, 9.17) is 5.73 Å². The lowest BCUT2D eigenvalue weighted by Gasteiger charge is -2.37. The predicted octanol–water partition coefficient (Wildman–Crippen LogP) is 1.04. The fraction of sp³-hybridized carbons (Fsp3) is 1.00. The van der Waals surface area contributed by atoms with Crippen LogP contribution >= 0.6 is 0 Å². The van der Waals surface area contributed by atoms with E-state index in [2.05, 4.69) is 38.2 Å². The summed E-state index contributed by atoms with van der Waals surface area (Å²) >= 11 is 0. The van der Waals surface area contributed by atoms with Gasteiger partial charge in [-0.15, -0.1) is 0 Å². The largest absolute Gasteiger partial charge is 0.326 e. The highest BCUT2D eigenvalue weighted by atomic mass is 15.1. The molecule has 15 heavy (non-hydrogen) atoms. The summed E-state index contributed by atoms with van der Waals surface area (Å²) in [7, 11) is 4.27. The smallest absolute Gasteiger partial charge is 0.0112 e. The van der Waals surface area contributed by atoms with Gasteiger partial charge in [0.25, 0.3) is 0 Å². The van der Waals surface area contributed by atoms with E-state index < -0.39 is 0 Å². The molecule has 0 bridgehead atoms. The highest BCUT2D eigenvalue weighted by Gasteiger charge is 2.27. The van der Waals surface area contributed by atoms with E-state index in [9.17, 15) is 0 Å². The average Bonchev–Trinajstić information content (AvgIpc) is 2.14. The Balaban J connectivity index is 2.44. The molecule has 0 aromatic rings. The van der Waals surface area contributed by atoms with Crippen LogP contribution in [0.4, 0.5) is 0 Å². The van der Waals surface area contributed by atoms with E-state index in [0.717, 1.165) is 12.3 Å². The molecular weight excluding hydrogens is 186 g/mol. The summed E-state index contributed by atoms with van der Waals surface area (Å²) in [5.41, 5.74) is 6.04. The Bertz CT molecular complexity index is 178. The number of piperidine rings is 1. The molecule has 0 radical (unpaired) electrons. The second-order valence-corrected chi connectivity index (χ2v) is 5.73. The number of hydrogen-bond donors (Lipinski definition) is 2. The van der Waals surface area contributed by atoms with Gasteiger partial charge in [0.15, 0.2) is 0 Å². The van der Waals surface area contributed by atoms with Crippen molar-refractivity contribution in [1.82, 2.24) is 10.2 Å². The Kier molecular flexibility index (Phi) is 4.56. The quantitative estimate of drug-likeness (QED) is 0.733. The second-order valence-electron chi connectivity index (χ2n) is 5.73. The SMILES string of the molecule is CNC(CC(C)(C)N)C1CCN(C)CC1. The van der Waals surface area contributed by atoms with Crippen LogP contribution < -0.4 is 11.1 Å². The van der Waals surface area contributed by atoms with Gasteiger partial charge in [0, 0.05) is 11.6 Å². The second kappa shape index (κ2) is 5.28. The zero-order chi connectivity index (χ0) is 11.5. The molecule has 3 N–H and O–H groups in total. The molecule has 3 nitrogen and oxygen atoms in total. The summed E-state index contributed by atoms with van der Waals surface area (Å²) in [5.74, 6) is 0.800. The van der Waals surface area contributed by atoms with Crippen molar-refractivity contribution in [2.45, 2.75) is 44.7 Å². The van der Waals surface area contributed by atoms with Gasteiger partial charge in [-0.25, -0.2) is 0 Å². The van der Waals surface area contributed by atoms with Crippen molar-refractivity contribution in [3.63, 3.8) is 0 Å². The molecule has 1 saturated heterocycles. The third kappa shape index (κ3) is 4.49. The number of likely N-dealkylation sites (tertiary alicyclic amines) is 1. The summed E-state index contributed by atoms with van der Waals surface area (Å²) in [6.45, 7) is 6.69. The van der Waals surface area contributed by atoms with Gasteiger partial charge in [-0.05, 0) is 66.2 Å². The first-order valence-corrected chi connectivity index (χ1v) is 6.07. The maximum Gasteiger partial charge on any atom is 0.0112 e. The Morgan fingerprint density at radius 2 is 1.93 bits per heavy atom. The van der Waals surface area contributed by atoms with Gasteiger partial charge in [0.05, 0.1) is 0 Å². The molecule has 1 aliphatic rings. The molecule has 1 atom stereocenters. The van der Waals surface area contributed by atoms with Gasteiger partial charge in [-0.1, -0.05) is 0 Å². The minimum atomic E-state index is -0.0585. The first-order valence-electron chi connectivity index (χ1n) is 6.07. The number of hydrogen-bond acceptors (Lipinski definition) is 3. The van der Waals surface area contributed by atoms with Crippen molar-refractivity contribution in [1.29, 1.82) is 0 Å². The van der Waals surface area contributed by atoms with Crippen LogP contribution in [0.2, 0.25) is 0 Å². The fourth-order valence-electron chi connectivity index (χ4n) is 2.50. The van der Waals surface area contributed by atoms with E-state index in [0.29, 0.717) is 6.04 Å². The molecule has 0 spiro atoms. The van der Waals surface area contributed by atoms with E-state index in [-0.39, 0.29) is 5.54 Å². The molecule has 1 fully saturated rings. The molecule has 0 aromatic carbocycles. The van der Waals surface area contributed by atoms with Gasteiger partial charge < -0.3 is 16.0 Å². The normalized spacial score (nSPS) is 23.0. The summed E-state index contributed by atoms with van der Waals surface area (Å²) < 4.78 is 0. The monoisotopic (exact) mass is 213 g/mol. The average molecular weight is 213 g/mol. The minimum absolute atomic E-state index is 0.0585. The van der Waals surface area contributed by atoms with Crippen molar-refractivity contribution in [3.8, 4) is 0 Å². The highest BCUT2D eigenvalue weighted by molar-refractivity contribution is 4.86. The van der Waals surface area contributed by atoms with Gasteiger partial charge in [0.1, 0.15) is 0 Å². The van der Waals surface area contributed by atoms with Gasteiger partial charge in [0.2, 0.25) is 0 Å². The molecule has 1 aliphatic heterocycles. The molecule has 3 heteroatoms. The minimum Gasteiger partial charge on any atom is -0.326 e. The lowest BCUT2D eigenvalue weighted by molar-refractivity contribution is 0.173. The highest BCUT2D eigenvalue weighted by Crippen LogP contribution is 2.24. The maximum atomic E-state index is 6.10. The van der Waals surface area contributed by atoms with Crippen LogP contribution in [0.5, 0.6) is 0 Å². The molecular formula is C12H27N3. The lowest BCUT2D eigenvalue weighted by atomic mass is 9.83. The standard InChI is InChI=1S/C12H27N3/c1-12(2,13)9-11(14-3)10-5-7-15(4)8-6-10/h10-11,14H,5-9,13H2,1-4H3. The van der Waals surface area contributed by atoms with Crippen LogP contribution in [0.15, 0.2) is 0 Å². The van der Waals surface area contributed by atoms with Crippen LogP contribution in [0.3, 0.4) is 0 Å². The Hall–Kier alpha value is -0.120. The molecule has 1 heterocycles. The van der Waals surface area contributed by atoms with Crippen molar-refractivity contribution in [2.24, 2.45) is 11.7 Å². The van der Waals surface area contributed by atoms with Crippen molar-refractivity contribution in [2.75, 3.05) is 27.2 Å². The van der Waals surface area contributed by atoms with Gasteiger partial charge >= 0.3 is 0 Å². The van der Waals surface area contributed by atoms with Crippen molar-refractivity contribution >= 4 is 0 Å². The number of nitrogens with one attached hydrogen (secondary N) is 1. The Labute approximate surface area is 94.4 Å². The molecule has 90 valence electrons. The number of nitrogens with zero attached hydrogens (tertiary/aromatic N) is 1. The maximum absolute atomic E-state index is 6.10. The topological polar surface area (TPSA) is 41.3 Å². The molecule has 0 aromatic heterocycles. The van der Waals surface area contributed by atoms with Crippen LogP contribution in [0.1, 0.15) is 33.1 Å². The third-order valence-electron chi connectivity index (χ3n) is 3.45. The van der Waals surface area contributed by atoms with E-state index >= 15 is 0 Å². The molecule has 1 rings (SSSR count). The summed E-state index contributed by atoms with van der Waals surface area (Å²) in [4.78, 5) is 2.41. The number of nitrogens with two attached hydrogens (primary N) is 1. The van der Waals surface area contributed by atoms with Crippen LogP contribution in [0.25, 0.3) is 0 Å². The fourth-order valence-corrected chi connectivity index (χ4v) is 2.50. The van der Waals surface area contributed by atoms with Crippen LogP contribution in [-0.4, -0.2) is 43.7 Å². The summed E-state index contributed by atoms with van der Waals surface area (Å²) in [6, 6.07) is 0.582. The van der Waals surface area contributed by atoms with E-state index in [1.54, 1.807) is 0 Å². The number of rotatable bonds is 4. The zero-order valence-corrected chi connectivity index (χ0v) is 10.7. The van der Waals surface area contributed by atoms with Crippen molar-refractivity contribution in [3.05, 3.63) is 0 Å². The molecule has 0 amide bonds. The Morgan fingerprint density at radius 1 is 1.40 bits per heavy atom. The van der Waals surface area contributed by atoms with Crippen LogP contribution in [-0.2, 0) is 0 Å². The molecule has 0 saturated carbocycles. The first kappa shape index (κ1) is 12.9. The predicted molar refractivity (Wildman–Crippen MR) is 66.0 cm³/mol. The van der Waals surface area contributed by atoms with Gasteiger partial charge in [-0.3, -0.25) is 0 Å². The lowest BCUT2D eigenvalue weighted by Crippen LogP contribution is -2.47. The van der Waals surface area contributed by atoms with Gasteiger partial charge in [-0.2, -0.15) is 0 Å². The summed E-state index contributed by atoms with van der Waals surface area (Å²) in [5, 5.41) is 3.44. The molecule has 0 aliphatic carbocycles. The van der Waals surface area contributed by atoms with E-state index in [1.165, 1.54) is 25.9 Å². The molecule has 1 unspecified atom stereocenters. The van der Waals surface area contributed by atoms with Crippen molar-refractivity contribution < 1.29 is 0 Å². The third-order valence-corrected chi connectivity index (χ3v) is 3.45. The Morgan fingerprint density at radius 3 is 2.33 bits per heavy atom. The van der Waals surface area contributed by atoms with Crippen LogP contribution in [0, 0.1) is 5.92 Å².